The van der Waals surface area contributed by atoms with Gasteiger partial charge in [-0.25, -0.2) is 9.97 Å². The molecule has 162 valence electrons. The van der Waals surface area contributed by atoms with E-state index in [2.05, 4.69) is 23.9 Å². The number of likely N-dealkylation sites (tertiary alicyclic amines) is 1. The highest BCUT2D eigenvalue weighted by Gasteiger charge is 2.28. The van der Waals surface area contributed by atoms with Crippen LogP contribution >= 0.6 is 0 Å². The van der Waals surface area contributed by atoms with Crippen molar-refractivity contribution >= 4 is 5.91 Å². The highest BCUT2D eigenvalue weighted by atomic mass is 16.5. The van der Waals surface area contributed by atoms with E-state index in [9.17, 15) is 4.79 Å². The number of nitrogens with zero attached hydrogens (tertiary/aromatic N) is 4. The van der Waals surface area contributed by atoms with Crippen LogP contribution in [0.1, 0.15) is 94.3 Å². The molecule has 6 heteroatoms. The van der Waals surface area contributed by atoms with Gasteiger partial charge in [-0.1, -0.05) is 38.3 Å². The number of carbonyl (C=O) groups is 1. The fourth-order valence-electron chi connectivity index (χ4n) is 4.88. The zero-order valence-electron chi connectivity index (χ0n) is 18.6. The van der Waals surface area contributed by atoms with Crippen LogP contribution < -0.4 is 0 Å². The largest absolute Gasteiger partial charge is 0.356 e. The quantitative estimate of drug-likeness (QED) is 0.674. The molecule has 2 fully saturated rings. The number of aromatic nitrogens is 3. The van der Waals surface area contributed by atoms with Gasteiger partial charge in [0.05, 0.1) is 17.0 Å². The lowest BCUT2D eigenvalue weighted by Crippen LogP contribution is -2.39. The van der Waals surface area contributed by atoms with Gasteiger partial charge < -0.3 is 9.42 Å². The molecule has 0 atom stereocenters. The number of aryl methyl sites for hydroxylation is 1. The maximum absolute atomic E-state index is 12.7. The number of amides is 1. The van der Waals surface area contributed by atoms with Crippen molar-refractivity contribution in [2.45, 2.75) is 84.0 Å². The van der Waals surface area contributed by atoms with Crippen LogP contribution in [0.4, 0.5) is 0 Å². The van der Waals surface area contributed by atoms with Gasteiger partial charge in [0, 0.05) is 37.7 Å². The Hall–Kier alpha value is -2.24. The van der Waals surface area contributed by atoms with Gasteiger partial charge in [0.2, 0.25) is 5.91 Å². The summed E-state index contributed by atoms with van der Waals surface area (Å²) in [7, 11) is 0. The molecule has 1 aliphatic heterocycles. The van der Waals surface area contributed by atoms with E-state index in [1.165, 1.54) is 32.1 Å². The molecular weight excluding hydrogens is 376 g/mol. The molecule has 0 unspecified atom stereocenters. The standard InChI is InChI=1S/C24H34N4O2/c1-16(2)23-20(21-13-17(3)27-30-21)15-25-24(26-23)19-9-11-28(12-10-19)22(29)14-18-7-5-4-6-8-18/h13,15-16,18-19H,4-12,14H2,1-3H3. The smallest absolute Gasteiger partial charge is 0.222 e. The van der Waals surface area contributed by atoms with Crippen LogP contribution in [0.5, 0.6) is 0 Å². The minimum Gasteiger partial charge on any atom is -0.356 e. The SMILES string of the molecule is Cc1cc(-c2cnc(C3CCN(C(=O)CC4CCCCC4)CC3)nc2C(C)C)on1. The molecule has 2 aliphatic rings. The zero-order valence-corrected chi connectivity index (χ0v) is 18.6. The topological polar surface area (TPSA) is 72.1 Å². The highest BCUT2D eigenvalue weighted by Crippen LogP contribution is 2.32. The highest BCUT2D eigenvalue weighted by molar-refractivity contribution is 5.76. The lowest BCUT2D eigenvalue weighted by atomic mass is 9.86. The second-order valence-corrected chi connectivity index (χ2v) is 9.38. The molecular formula is C24H34N4O2. The molecule has 3 heterocycles. The predicted molar refractivity (Wildman–Crippen MR) is 116 cm³/mol. The molecule has 30 heavy (non-hydrogen) atoms. The van der Waals surface area contributed by atoms with E-state index in [-0.39, 0.29) is 5.92 Å². The van der Waals surface area contributed by atoms with Gasteiger partial charge in [-0.15, -0.1) is 0 Å². The molecule has 4 rings (SSSR count). The van der Waals surface area contributed by atoms with Crippen molar-refractivity contribution in [1.29, 1.82) is 0 Å². The molecule has 6 nitrogen and oxygen atoms in total. The predicted octanol–water partition coefficient (Wildman–Crippen LogP) is 5.24. The van der Waals surface area contributed by atoms with Crippen LogP contribution in [0.25, 0.3) is 11.3 Å². The molecule has 1 amide bonds. The minimum atomic E-state index is 0.268. The van der Waals surface area contributed by atoms with Crippen LogP contribution in [0, 0.1) is 12.8 Å². The van der Waals surface area contributed by atoms with Crippen molar-refractivity contribution in [2.24, 2.45) is 5.92 Å². The molecule has 1 aliphatic carbocycles. The normalized spacial score (nSPS) is 18.9. The summed E-state index contributed by atoms with van der Waals surface area (Å²) in [4.78, 5) is 24.4. The van der Waals surface area contributed by atoms with E-state index in [4.69, 9.17) is 14.5 Å². The van der Waals surface area contributed by atoms with Crippen molar-refractivity contribution < 1.29 is 9.32 Å². The van der Waals surface area contributed by atoms with Crippen LogP contribution in [-0.4, -0.2) is 39.0 Å². The number of rotatable bonds is 5. The molecule has 0 radical (unpaired) electrons. The fourth-order valence-corrected chi connectivity index (χ4v) is 4.88. The van der Waals surface area contributed by atoms with Gasteiger partial charge in [-0.3, -0.25) is 4.79 Å². The number of hydrogen-bond acceptors (Lipinski definition) is 5. The second-order valence-electron chi connectivity index (χ2n) is 9.38. The average molecular weight is 411 g/mol. The third-order valence-electron chi connectivity index (χ3n) is 6.68. The Balaban J connectivity index is 1.40. The fraction of sp³-hybridized carbons (Fsp3) is 0.667. The summed E-state index contributed by atoms with van der Waals surface area (Å²) in [5.74, 6) is 3.16. The number of carbonyl (C=O) groups excluding carboxylic acids is 1. The monoisotopic (exact) mass is 410 g/mol. The first kappa shape index (κ1) is 21.0. The van der Waals surface area contributed by atoms with E-state index >= 15 is 0 Å². The van der Waals surface area contributed by atoms with Crippen molar-refractivity contribution in [2.75, 3.05) is 13.1 Å². The molecule has 1 saturated heterocycles. The summed E-state index contributed by atoms with van der Waals surface area (Å²) in [6.45, 7) is 7.84. The lowest BCUT2D eigenvalue weighted by molar-refractivity contribution is -0.133. The summed E-state index contributed by atoms with van der Waals surface area (Å²) in [6, 6.07) is 1.93. The van der Waals surface area contributed by atoms with Crippen LogP contribution in [0.3, 0.4) is 0 Å². The number of piperidine rings is 1. The summed E-state index contributed by atoms with van der Waals surface area (Å²) in [6.07, 6.45) is 10.9. The molecule has 0 aromatic carbocycles. The Morgan fingerprint density at radius 2 is 1.90 bits per heavy atom. The zero-order chi connectivity index (χ0) is 21.1. The summed E-state index contributed by atoms with van der Waals surface area (Å²) in [5.41, 5.74) is 2.79. The Labute approximate surface area is 179 Å². The Kier molecular flexibility index (Phi) is 6.49. The van der Waals surface area contributed by atoms with Gasteiger partial charge >= 0.3 is 0 Å². The van der Waals surface area contributed by atoms with Crippen LogP contribution in [0.2, 0.25) is 0 Å². The van der Waals surface area contributed by atoms with Gasteiger partial charge in [-0.2, -0.15) is 0 Å². The lowest BCUT2D eigenvalue weighted by Gasteiger charge is -2.33. The third kappa shape index (κ3) is 4.73. The summed E-state index contributed by atoms with van der Waals surface area (Å²) in [5, 5.41) is 4.00. The van der Waals surface area contributed by atoms with Crippen molar-refractivity contribution in [3.8, 4) is 11.3 Å². The van der Waals surface area contributed by atoms with Crippen molar-refractivity contribution in [1.82, 2.24) is 20.0 Å². The van der Waals surface area contributed by atoms with Crippen molar-refractivity contribution in [3.05, 3.63) is 29.5 Å². The van der Waals surface area contributed by atoms with E-state index < -0.39 is 0 Å². The Bertz CT molecular complexity index is 862. The first-order valence-corrected chi connectivity index (χ1v) is 11.6. The summed E-state index contributed by atoms with van der Waals surface area (Å²) < 4.78 is 5.46. The molecule has 0 N–H and O–H groups in total. The van der Waals surface area contributed by atoms with E-state index in [1.807, 2.05) is 19.2 Å². The molecule has 0 bridgehead atoms. The molecule has 0 spiro atoms. The first-order valence-electron chi connectivity index (χ1n) is 11.6. The van der Waals surface area contributed by atoms with Gasteiger partial charge in [0.1, 0.15) is 5.82 Å². The Morgan fingerprint density at radius 1 is 1.17 bits per heavy atom. The summed E-state index contributed by atoms with van der Waals surface area (Å²) >= 11 is 0. The third-order valence-corrected chi connectivity index (χ3v) is 6.68. The maximum Gasteiger partial charge on any atom is 0.222 e. The minimum absolute atomic E-state index is 0.268. The molecule has 1 saturated carbocycles. The van der Waals surface area contributed by atoms with E-state index in [0.29, 0.717) is 17.7 Å². The average Bonchev–Trinajstić information content (AvgIpc) is 3.20. The van der Waals surface area contributed by atoms with Gasteiger partial charge in [0.25, 0.3) is 0 Å². The number of hydrogen-bond donors (Lipinski definition) is 0. The van der Waals surface area contributed by atoms with Crippen LogP contribution in [-0.2, 0) is 4.79 Å². The first-order chi connectivity index (χ1) is 14.5. The Morgan fingerprint density at radius 3 is 2.53 bits per heavy atom. The van der Waals surface area contributed by atoms with E-state index in [0.717, 1.165) is 60.9 Å². The van der Waals surface area contributed by atoms with E-state index in [1.54, 1.807) is 0 Å². The molecule has 2 aromatic heterocycles. The van der Waals surface area contributed by atoms with Gasteiger partial charge in [-0.05, 0) is 44.4 Å². The maximum atomic E-state index is 12.7. The molecule has 2 aromatic rings. The second kappa shape index (κ2) is 9.27. The van der Waals surface area contributed by atoms with Crippen molar-refractivity contribution in [3.63, 3.8) is 0 Å². The van der Waals surface area contributed by atoms with Gasteiger partial charge in [0.15, 0.2) is 5.76 Å². The van der Waals surface area contributed by atoms with Crippen LogP contribution in [0.15, 0.2) is 16.8 Å².